The molecule has 1 aromatic carbocycles. The second kappa shape index (κ2) is 6.84. The molecule has 0 spiro atoms. The molecule has 0 aliphatic heterocycles. The van der Waals surface area contributed by atoms with Crippen molar-refractivity contribution in [1.29, 1.82) is 0 Å². The molecule has 1 amide bonds. The number of amides is 1. The minimum atomic E-state index is -0.493. The van der Waals surface area contributed by atoms with Crippen LogP contribution in [0.3, 0.4) is 0 Å². The minimum Gasteiger partial charge on any atom is -0.352 e. The monoisotopic (exact) mass is 265 g/mol. The van der Waals surface area contributed by atoms with Crippen LogP contribution in [0.15, 0.2) is 18.2 Å². The van der Waals surface area contributed by atoms with E-state index in [4.69, 9.17) is 0 Å². The summed E-state index contributed by atoms with van der Waals surface area (Å²) >= 11 is 0. The van der Waals surface area contributed by atoms with Crippen LogP contribution in [0.4, 0.5) is 5.69 Å². The van der Waals surface area contributed by atoms with Crippen LogP contribution in [0.2, 0.25) is 0 Å². The molecule has 1 aromatic rings. The van der Waals surface area contributed by atoms with Crippen molar-refractivity contribution in [2.75, 3.05) is 20.1 Å². The van der Waals surface area contributed by atoms with Gasteiger partial charge in [-0.2, -0.15) is 0 Å². The van der Waals surface area contributed by atoms with Gasteiger partial charge in [0.05, 0.1) is 4.92 Å². The fourth-order valence-electron chi connectivity index (χ4n) is 1.79. The largest absolute Gasteiger partial charge is 0.352 e. The number of hydrogen-bond acceptors (Lipinski definition) is 4. The molecule has 1 rings (SSSR count). The number of non-ortho nitro benzene ring substituents is 1. The molecule has 0 saturated heterocycles. The number of rotatable bonds is 6. The van der Waals surface area contributed by atoms with E-state index >= 15 is 0 Å². The van der Waals surface area contributed by atoms with Crippen molar-refractivity contribution in [1.82, 2.24) is 10.6 Å². The van der Waals surface area contributed by atoms with E-state index in [-0.39, 0.29) is 11.6 Å². The molecular weight excluding hydrogens is 246 g/mol. The average molecular weight is 265 g/mol. The van der Waals surface area contributed by atoms with Crippen molar-refractivity contribution >= 4 is 11.6 Å². The number of carbonyl (C=O) groups is 1. The second-order valence-corrected chi connectivity index (χ2v) is 4.69. The van der Waals surface area contributed by atoms with Crippen molar-refractivity contribution in [3.8, 4) is 0 Å². The highest BCUT2D eigenvalue weighted by atomic mass is 16.6. The Morgan fingerprint density at radius 3 is 2.63 bits per heavy atom. The topological polar surface area (TPSA) is 84.3 Å². The second-order valence-electron chi connectivity index (χ2n) is 4.69. The Kier molecular flexibility index (Phi) is 5.44. The summed E-state index contributed by atoms with van der Waals surface area (Å²) in [5.74, 6) is 0.0171. The van der Waals surface area contributed by atoms with Gasteiger partial charge in [0.2, 0.25) is 0 Å². The van der Waals surface area contributed by atoms with Gasteiger partial charge in [0.15, 0.2) is 0 Å². The van der Waals surface area contributed by atoms with Crippen molar-refractivity contribution in [3.63, 3.8) is 0 Å². The Hall–Kier alpha value is -1.95. The number of carbonyl (C=O) groups excluding carboxylic acids is 1. The quantitative estimate of drug-likeness (QED) is 0.603. The molecule has 2 N–H and O–H groups in total. The van der Waals surface area contributed by atoms with Crippen molar-refractivity contribution in [2.45, 2.75) is 13.8 Å². The summed E-state index contributed by atoms with van der Waals surface area (Å²) < 4.78 is 0. The van der Waals surface area contributed by atoms with E-state index < -0.39 is 4.92 Å². The first-order valence-corrected chi connectivity index (χ1v) is 6.13. The van der Waals surface area contributed by atoms with Gasteiger partial charge in [0.25, 0.3) is 11.6 Å². The maximum Gasteiger partial charge on any atom is 0.270 e. The molecule has 0 saturated carbocycles. The van der Waals surface area contributed by atoms with E-state index in [0.717, 1.165) is 6.54 Å². The van der Waals surface area contributed by atoms with Crippen LogP contribution < -0.4 is 10.6 Å². The molecule has 0 heterocycles. The number of aryl methyl sites for hydroxylation is 1. The zero-order valence-electron chi connectivity index (χ0n) is 11.4. The molecule has 6 nitrogen and oxygen atoms in total. The number of benzene rings is 1. The molecule has 0 radical (unpaired) electrons. The van der Waals surface area contributed by atoms with E-state index in [2.05, 4.69) is 10.6 Å². The summed E-state index contributed by atoms with van der Waals surface area (Å²) in [4.78, 5) is 22.2. The van der Waals surface area contributed by atoms with Gasteiger partial charge >= 0.3 is 0 Å². The Labute approximate surface area is 112 Å². The highest BCUT2D eigenvalue weighted by Gasteiger charge is 2.13. The summed E-state index contributed by atoms with van der Waals surface area (Å²) in [6.45, 7) is 5.07. The van der Waals surface area contributed by atoms with Gasteiger partial charge in [-0.1, -0.05) is 6.92 Å². The van der Waals surface area contributed by atoms with Crippen LogP contribution in [0, 0.1) is 23.0 Å². The lowest BCUT2D eigenvalue weighted by Gasteiger charge is -2.12. The van der Waals surface area contributed by atoms with E-state index in [1.165, 1.54) is 12.1 Å². The lowest BCUT2D eigenvalue weighted by molar-refractivity contribution is -0.384. The lowest BCUT2D eigenvalue weighted by Crippen LogP contribution is -2.32. The first-order valence-electron chi connectivity index (χ1n) is 6.13. The summed E-state index contributed by atoms with van der Waals surface area (Å²) in [7, 11) is 1.85. The normalized spacial score (nSPS) is 11.9. The molecule has 0 bridgehead atoms. The van der Waals surface area contributed by atoms with Crippen LogP contribution >= 0.6 is 0 Å². The van der Waals surface area contributed by atoms with Crippen LogP contribution in [0.25, 0.3) is 0 Å². The van der Waals surface area contributed by atoms with E-state index in [1.807, 2.05) is 14.0 Å². The van der Waals surface area contributed by atoms with Crippen molar-refractivity contribution in [2.24, 2.45) is 5.92 Å². The zero-order valence-corrected chi connectivity index (χ0v) is 11.4. The molecular formula is C13H19N3O3. The van der Waals surface area contributed by atoms with Gasteiger partial charge in [0, 0.05) is 24.2 Å². The third-order valence-corrected chi connectivity index (χ3v) is 2.70. The predicted octanol–water partition coefficient (Wildman–Crippen LogP) is 1.49. The van der Waals surface area contributed by atoms with Crippen LogP contribution in [0.1, 0.15) is 22.8 Å². The highest BCUT2D eigenvalue weighted by Crippen LogP contribution is 2.16. The number of nitro benzene ring substituents is 1. The molecule has 0 aliphatic carbocycles. The maximum atomic E-state index is 11.9. The lowest BCUT2D eigenvalue weighted by atomic mass is 10.1. The Bertz CT molecular complexity index is 474. The molecule has 0 fully saturated rings. The fraction of sp³-hybridized carbons (Fsp3) is 0.462. The molecule has 0 aromatic heterocycles. The first kappa shape index (κ1) is 15.1. The first-order chi connectivity index (χ1) is 8.93. The number of nitrogens with zero attached hydrogens (tertiary/aromatic N) is 1. The van der Waals surface area contributed by atoms with Crippen LogP contribution in [-0.4, -0.2) is 31.0 Å². The number of nitro groups is 1. The molecule has 19 heavy (non-hydrogen) atoms. The Morgan fingerprint density at radius 1 is 1.37 bits per heavy atom. The fourth-order valence-corrected chi connectivity index (χ4v) is 1.79. The van der Waals surface area contributed by atoms with Crippen molar-refractivity contribution < 1.29 is 9.72 Å². The van der Waals surface area contributed by atoms with Crippen molar-refractivity contribution in [3.05, 3.63) is 39.4 Å². The summed E-state index contributed by atoms with van der Waals surface area (Å²) in [6.07, 6.45) is 0. The SMILES string of the molecule is CNCC(C)CNC(=O)c1cc(C)cc([N+](=O)[O-])c1. The van der Waals surface area contributed by atoms with Crippen LogP contribution in [0.5, 0.6) is 0 Å². The summed E-state index contributed by atoms with van der Waals surface area (Å²) in [5, 5.41) is 16.5. The van der Waals surface area contributed by atoms with E-state index in [0.29, 0.717) is 23.6 Å². The van der Waals surface area contributed by atoms with Gasteiger partial charge in [-0.25, -0.2) is 0 Å². The highest BCUT2D eigenvalue weighted by molar-refractivity contribution is 5.95. The van der Waals surface area contributed by atoms with Gasteiger partial charge in [0.1, 0.15) is 0 Å². The number of hydrogen-bond donors (Lipinski definition) is 2. The molecule has 104 valence electrons. The third kappa shape index (κ3) is 4.67. The maximum absolute atomic E-state index is 11.9. The smallest absolute Gasteiger partial charge is 0.270 e. The van der Waals surface area contributed by atoms with Gasteiger partial charge in [-0.3, -0.25) is 14.9 Å². The summed E-state index contributed by atoms with van der Waals surface area (Å²) in [6, 6.07) is 4.39. The minimum absolute atomic E-state index is 0.0616. The third-order valence-electron chi connectivity index (χ3n) is 2.70. The van der Waals surface area contributed by atoms with Gasteiger partial charge in [-0.15, -0.1) is 0 Å². The zero-order chi connectivity index (χ0) is 14.4. The van der Waals surface area contributed by atoms with Gasteiger partial charge in [-0.05, 0) is 38.1 Å². The summed E-state index contributed by atoms with van der Waals surface area (Å²) in [5.41, 5.74) is 0.958. The number of nitrogens with one attached hydrogen (secondary N) is 2. The molecule has 1 unspecified atom stereocenters. The Morgan fingerprint density at radius 2 is 2.05 bits per heavy atom. The molecule has 6 heteroatoms. The standard InChI is InChI=1S/C13H19N3O3/c1-9-4-11(6-12(5-9)16(18)19)13(17)15-8-10(2)7-14-3/h4-6,10,14H,7-8H2,1-3H3,(H,15,17). The van der Waals surface area contributed by atoms with Gasteiger partial charge < -0.3 is 10.6 Å². The average Bonchev–Trinajstić information content (AvgIpc) is 2.35. The predicted molar refractivity (Wildman–Crippen MR) is 73.3 cm³/mol. The van der Waals surface area contributed by atoms with Crippen LogP contribution in [-0.2, 0) is 0 Å². The molecule has 1 atom stereocenters. The molecule has 0 aliphatic rings. The Balaban J connectivity index is 2.74. The van der Waals surface area contributed by atoms with E-state index in [1.54, 1.807) is 13.0 Å². The van der Waals surface area contributed by atoms with E-state index in [9.17, 15) is 14.9 Å².